The standard InChI is InChI=1S/C75H127N3O10/c1-4-7-10-13-16-19-22-25-28-31-34-37-40-43-46-52-70(80)85-64-75(65-86-71(81)53-47-44-41-38-35-32-29-26-23-20-17-14-11-8-5-2,66-87-72(82)54-48-45-42-39-36-33-30-27-24-21-18-15-12-9-6-3)88-73(83)59-61-77-62-67-55-57-68(58-56-67)74(84)78-60-50-49-51-69(76)63-79/h25-30,55-58,62-63,69H,4-24,31-54,59-61,64-66,76H2,1-3H3,(H,78,84)/b28-25-,29-26-,30-27-,77-62?. The molecule has 88 heavy (non-hydrogen) atoms. The average Bonchev–Trinajstić information content (AvgIpc) is 3.74. The number of esters is 4. The smallest absolute Gasteiger partial charge is 0.308 e. The van der Waals surface area contributed by atoms with Gasteiger partial charge in [0.25, 0.3) is 5.91 Å². The van der Waals surface area contributed by atoms with Gasteiger partial charge >= 0.3 is 23.9 Å². The van der Waals surface area contributed by atoms with E-state index in [-0.39, 0.29) is 38.1 Å². The van der Waals surface area contributed by atoms with Gasteiger partial charge in [-0.25, -0.2) is 0 Å². The fraction of sp³-hybridized carbons (Fsp3) is 0.747. The van der Waals surface area contributed by atoms with Crippen LogP contribution in [-0.2, 0) is 42.9 Å². The molecule has 0 radical (unpaired) electrons. The summed E-state index contributed by atoms with van der Waals surface area (Å²) >= 11 is 0. The fourth-order valence-corrected chi connectivity index (χ4v) is 10.3. The molecule has 1 rings (SSSR count). The number of hydrogen-bond acceptors (Lipinski definition) is 12. The lowest BCUT2D eigenvalue weighted by atomic mass is 10.1. The van der Waals surface area contributed by atoms with Gasteiger partial charge in [-0.1, -0.05) is 223 Å². The Hall–Kier alpha value is -4.91. The molecular weight excluding hydrogens is 1100 g/mol. The van der Waals surface area contributed by atoms with E-state index in [1.54, 1.807) is 30.5 Å². The zero-order valence-corrected chi connectivity index (χ0v) is 56.2. The number of nitrogens with two attached hydrogens (primary N) is 1. The summed E-state index contributed by atoms with van der Waals surface area (Å²) in [6.45, 7) is 5.88. The molecule has 13 heteroatoms. The first-order valence-electron chi connectivity index (χ1n) is 35.8. The lowest BCUT2D eigenvalue weighted by Gasteiger charge is -2.32. The Morgan fingerprint density at radius 2 is 0.784 bits per heavy atom. The van der Waals surface area contributed by atoms with Crippen LogP contribution in [0.1, 0.15) is 332 Å². The number of amides is 1. The summed E-state index contributed by atoms with van der Waals surface area (Å²) in [7, 11) is 0. The van der Waals surface area contributed by atoms with Gasteiger partial charge in [-0.3, -0.25) is 29.0 Å². The molecule has 0 bridgehead atoms. The normalized spacial score (nSPS) is 12.2. The van der Waals surface area contributed by atoms with Crippen molar-refractivity contribution in [3.05, 3.63) is 71.8 Å². The lowest BCUT2D eigenvalue weighted by molar-refractivity contribution is -0.196. The van der Waals surface area contributed by atoms with Gasteiger partial charge in [0.2, 0.25) is 5.60 Å². The van der Waals surface area contributed by atoms with Crippen molar-refractivity contribution >= 4 is 42.3 Å². The Balaban J connectivity index is 3.01. The monoisotopic (exact) mass is 1230 g/mol. The van der Waals surface area contributed by atoms with Crippen LogP contribution >= 0.6 is 0 Å². The number of ether oxygens (including phenoxy) is 4. The minimum Gasteiger partial charge on any atom is -0.461 e. The van der Waals surface area contributed by atoms with E-state index >= 15 is 0 Å². The highest BCUT2D eigenvalue weighted by molar-refractivity contribution is 5.95. The van der Waals surface area contributed by atoms with Crippen LogP contribution in [0.15, 0.2) is 65.7 Å². The molecule has 0 aliphatic heterocycles. The van der Waals surface area contributed by atoms with E-state index in [9.17, 15) is 28.8 Å². The van der Waals surface area contributed by atoms with Crippen molar-refractivity contribution in [1.82, 2.24) is 5.32 Å². The molecule has 0 saturated carbocycles. The molecule has 13 nitrogen and oxygen atoms in total. The summed E-state index contributed by atoms with van der Waals surface area (Å²) in [5.41, 5.74) is 5.08. The number of aldehydes is 1. The van der Waals surface area contributed by atoms with E-state index in [1.807, 2.05) is 0 Å². The molecule has 0 aliphatic rings. The maximum Gasteiger partial charge on any atom is 0.308 e. The van der Waals surface area contributed by atoms with E-state index in [0.29, 0.717) is 44.2 Å². The van der Waals surface area contributed by atoms with Crippen LogP contribution in [0.2, 0.25) is 0 Å². The topological polar surface area (TPSA) is 190 Å². The van der Waals surface area contributed by atoms with E-state index in [4.69, 9.17) is 24.7 Å². The van der Waals surface area contributed by atoms with E-state index in [0.717, 1.165) is 134 Å². The zero-order valence-electron chi connectivity index (χ0n) is 56.2. The van der Waals surface area contributed by atoms with Gasteiger partial charge in [0.05, 0.1) is 12.5 Å². The van der Waals surface area contributed by atoms with Crippen molar-refractivity contribution in [2.45, 2.75) is 328 Å². The molecule has 0 heterocycles. The Labute approximate surface area is 536 Å². The number of rotatable bonds is 63. The van der Waals surface area contributed by atoms with Gasteiger partial charge < -0.3 is 34.8 Å². The van der Waals surface area contributed by atoms with Crippen molar-refractivity contribution in [2.75, 3.05) is 32.9 Å². The molecule has 1 amide bonds. The average molecular weight is 1230 g/mol. The van der Waals surface area contributed by atoms with Crippen LogP contribution in [0.3, 0.4) is 0 Å². The molecule has 1 aromatic rings. The molecule has 1 aromatic carbocycles. The summed E-state index contributed by atoms with van der Waals surface area (Å²) in [6, 6.07) is 6.41. The second-order valence-corrected chi connectivity index (χ2v) is 24.6. The quantitative estimate of drug-likeness (QED) is 0.0158. The first-order valence-corrected chi connectivity index (χ1v) is 35.8. The number of carbonyl (C=O) groups is 6. The van der Waals surface area contributed by atoms with Gasteiger partial charge in [-0.05, 0) is 133 Å². The number of carbonyl (C=O) groups excluding carboxylic acids is 6. The highest BCUT2D eigenvalue weighted by Crippen LogP contribution is 2.21. The first-order chi connectivity index (χ1) is 43.1. The third-order valence-electron chi connectivity index (χ3n) is 16.0. The van der Waals surface area contributed by atoms with Crippen LogP contribution in [0, 0.1) is 0 Å². The molecule has 0 aromatic heterocycles. The molecule has 502 valence electrons. The number of unbranched alkanes of at least 4 members (excludes halogenated alkanes) is 34. The largest absolute Gasteiger partial charge is 0.461 e. The predicted octanol–water partition coefficient (Wildman–Crippen LogP) is 18.9. The van der Waals surface area contributed by atoms with Gasteiger partial charge in [0.15, 0.2) is 0 Å². The summed E-state index contributed by atoms with van der Waals surface area (Å²) < 4.78 is 23.6. The second kappa shape index (κ2) is 61.0. The number of benzene rings is 1. The third-order valence-corrected chi connectivity index (χ3v) is 16.0. The summed E-state index contributed by atoms with van der Waals surface area (Å²) in [6.07, 6.45) is 62.8. The molecule has 1 atom stereocenters. The first kappa shape index (κ1) is 81.1. The molecule has 1 unspecified atom stereocenters. The second-order valence-electron chi connectivity index (χ2n) is 24.6. The molecule has 3 N–H and O–H groups in total. The van der Waals surface area contributed by atoms with E-state index < -0.39 is 55.3 Å². The van der Waals surface area contributed by atoms with Crippen molar-refractivity contribution in [3.8, 4) is 0 Å². The number of nitrogens with one attached hydrogen (secondary N) is 1. The van der Waals surface area contributed by atoms with E-state index in [1.165, 1.54) is 116 Å². The van der Waals surface area contributed by atoms with Crippen molar-refractivity contribution in [3.63, 3.8) is 0 Å². The van der Waals surface area contributed by atoms with Crippen molar-refractivity contribution in [2.24, 2.45) is 10.7 Å². The SMILES string of the molecule is CCCCCCCC/C=C\CCCCCCCC(=O)OCC(COC(=O)CCCCCCC/C=C\CCCCCCCC)(COC(=O)CCCCCCC/C=C\CCCCCCCC)OC(=O)CCN=Cc1ccc(C(=O)NCCCCC(N)C=O)cc1. The zero-order chi connectivity index (χ0) is 63.9. The van der Waals surface area contributed by atoms with Crippen LogP contribution in [0.25, 0.3) is 0 Å². The fourth-order valence-electron chi connectivity index (χ4n) is 10.3. The van der Waals surface area contributed by atoms with Crippen LogP contribution < -0.4 is 11.1 Å². The van der Waals surface area contributed by atoms with Gasteiger partial charge in [0, 0.05) is 44.1 Å². The summed E-state index contributed by atoms with van der Waals surface area (Å²) in [4.78, 5) is 81.8. The molecule has 0 spiro atoms. The lowest BCUT2D eigenvalue weighted by Crippen LogP contribution is -2.50. The third kappa shape index (κ3) is 51.9. The summed E-state index contributed by atoms with van der Waals surface area (Å²) in [5.74, 6) is -2.32. The van der Waals surface area contributed by atoms with Crippen LogP contribution in [0.4, 0.5) is 0 Å². The Morgan fingerprint density at radius 3 is 1.14 bits per heavy atom. The Kier molecular flexibility index (Phi) is 56.2. The summed E-state index contributed by atoms with van der Waals surface area (Å²) in [5, 5.41) is 2.88. The molecule has 0 saturated heterocycles. The number of nitrogens with zero attached hydrogens (tertiary/aromatic N) is 1. The van der Waals surface area contributed by atoms with Gasteiger partial charge in [-0.2, -0.15) is 0 Å². The van der Waals surface area contributed by atoms with Crippen molar-refractivity contribution < 1.29 is 47.7 Å². The molecular formula is C75H127N3O10. The van der Waals surface area contributed by atoms with Gasteiger partial charge in [0.1, 0.15) is 26.1 Å². The van der Waals surface area contributed by atoms with Crippen LogP contribution in [-0.4, -0.2) is 86.8 Å². The minimum absolute atomic E-state index is 0.0463. The highest BCUT2D eigenvalue weighted by Gasteiger charge is 2.40. The minimum atomic E-state index is -1.78. The number of aliphatic imine (C=N–C) groups is 1. The highest BCUT2D eigenvalue weighted by atomic mass is 16.6. The van der Waals surface area contributed by atoms with Crippen LogP contribution in [0.5, 0.6) is 0 Å². The number of allylic oxidation sites excluding steroid dienone is 6. The van der Waals surface area contributed by atoms with E-state index in [2.05, 4.69) is 67.5 Å². The Morgan fingerprint density at radius 1 is 0.443 bits per heavy atom. The maximum atomic E-state index is 13.8. The predicted molar refractivity (Wildman–Crippen MR) is 364 cm³/mol. The maximum absolute atomic E-state index is 13.8. The molecule has 0 fully saturated rings. The van der Waals surface area contributed by atoms with Crippen molar-refractivity contribution in [1.29, 1.82) is 0 Å². The Bertz CT molecular complexity index is 1850. The number of hydrogen-bond donors (Lipinski definition) is 2. The molecule has 0 aliphatic carbocycles. The van der Waals surface area contributed by atoms with Gasteiger partial charge in [-0.15, -0.1) is 0 Å².